The van der Waals surface area contributed by atoms with Gasteiger partial charge in [-0.25, -0.2) is 18.5 Å². The van der Waals surface area contributed by atoms with Crippen LogP contribution in [0.25, 0.3) is 11.0 Å². The van der Waals surface area contributed by atoms with Crippen molar-refractivity contribution >= 4 is 32.8 Å². The predicted octanol–water partition coefficient (Wildman–Crippen LogP) is 3.70. The highest BCUT2D eigenvalue weighted by atomic mass is 32.2. The van der Waals surface area contributed by atoms with Crippen molar-refractivity contribution in [2.75, 3.05) is 5.75 Å². The van der Waals surface area contributed by atoms with Crippen molar-refractivity contribution in [3.63, 3.8) is 0 Å². The summed E-state index contributed by atoms with van der Waals surface area (Å²) in [5.74, 6) is 0.797. The van der Waals surface area contributed by atoms with Crippen molar-refractivity contribution in [3.05, 3.63) is 57.4 Å². The van der Waals surface area contributed by atoms with E-state index in [1.807, 2.05) is 19.9 Å². The van der Waals surface area contributed by atoms with Crippen LogP contribution in [0, 0.1) is 13.8 Å². The molecule has 29 heavy (non-hydrogen) atoms. The number of thioether (sulfide) groups is 1. The van der Waals surface area contributed by atoms with E-state index in [9.17, 15) is 13.2 Å². The zero-order valence-electron chi connectivity index (χ0n) is 16.6. The first-order chi connectivity index (χ1) is 13.6. The van der Waals surface area contributed by atoms with E-state index in [0.29, 0.717) is 27.2 Å². The highest BCUT2D eigenvalue weighted by molar-refractivity contribution is 7.99. The van der Waals surface area contributed by atoms with Crippen molar-refractivity contribution in [1.82, 2.24) is 4.98 Å². The number of hydrogen-bond acceptors (Lipinski definition) is 7. The van der Waals surface area contributed by atoms with Crippen LogP contribution in [0.3, 0.4) is 0 Å². The summed E-state index contributed by atoms with van der Waals surface area (Å²) in [7, 11) is -4.05. The molecule has 0 amide bonds. The molecule has 7 nitrogen and oxygen atoms in total. The Bertz CT molecular complexity index is 1240. The van der Waals surface area contributed by atoms with Crippen LogP contribution in [0.5, 0.6) is 5.75 Å². The fourth-order valence-corrected chi connectivity index (χ4v) is 4.37. The quantitative estimate of drug-likeness (QED) is 0.589. The number of primary sulfonamides is 1. The van der Waals surface area contributed by atoms with Crippen molar-refractivity contribution < 1.29 is 17.6 Å². The summed E-state index contributed by atoms with van der Waals surface area (Å²) in [6, 6.07) is 6.69. The van der Waals surface area contributed by atoms with Gasteiger partial charge in [0, 0.05) is 17.3 Å². The average molecular weight is 435 g/mol. The Morgan fingerprint density at radius 1 is 1.31 bits per heavy atom. The second-order valence-corrected chi connectivity index (χ2v) is 9.33. The monoisotopic (exact) mass is 434 g/mol. The highest BCUT2D eigenvalue weighted by Gasteiger charge is 2.22. The second kappa shape index (κ2) is 8.17. The average Bonchev–Trinajstić information content (AvgIpc) is 2.65. The van der Waals surface area contributed by atoms with Gasteiger partial charge in [0.1, 0.15) is 11.7 Å². The van der Waals surface area contributed by atoms with Gasteiger partial charge in [0.15, 0.2) is 16.3 Å². The number of rotatable bonds is 6. The first-order valence-electron chi connectivity index (χ1n) is 8.98. The van der Waals surface area contributed by atoms with Crippen LogP contribution in [-0.2, 0) is 10.0 Å². The summed E-state index contributed by atoms with van der Waals surface area (Å²) in [6.45, 7) is 7.35. The summed E-state index contributed by atoms with van der Waals surface area (Å²) in [5.41, 5.74) is 2.41. The molecule has 0 unspecified atom stereocenters. The molecule has 1 aromatic carbocycles. The van der Waals surface area contributed by atoms with Crippen molar-refractivity contribution in [3.8, 4) is 5.75 Å². The summed E-state index contributed by atoms with van der Waals surface area (Å²) in [4.78, 5) is 16.7. The lowest BCUT2D eigenvalue weighted by atomic mass is 10.0. The number of nitrogens with zero attached hydrogens (tertiary/aromatic N) is 1. The number of aromatic nitrogens is 1. The third kappa shape index (κ3) is 4.31. The molecule has 0 fully saturated rings. The third-order valence-electron chi connectivity index (χ3n) is 4.37. The number of ether oxygens (including phenoxy) is 1. The van der Waals surface area contributed by atoms with Gasteiger partial charge in [-0.3, -0.25) is 4.79 Å². The lowest BCUT2D eigenvalue weighted by molar-refractivity contribution is 0.218. The minimum atomic E-state index is -4.05. The molecule has 3 aromatic rings. The Balaban J connectivity index is 2.16. The van der Waals surface area contributed by atoms with Gasteiger partial charge >= 0.3 is 0 Å². The largest absolute Gasteiger partial charge is 0.483 e. The maximum atomic E-state index is 12.9. The Morgan fingerprint density at radius 3 is 2.69 bits per heavy atom. The number of pyridine rings is 1. The Labute approximate surface area is 173 Å². The Hall–Kier alpha value is -2.36. The SMILES string of the molecule is CCSc1oc2c([C@@H](C)Oc3cccnc3S(N)(=O)=O)cc(C)cc2c(=O)c1C. The zero-order valence-corrected chi connectivity index (χ0v) is 18.2. The van der Waals surface area contributed by atoms with Crippen LogP contribution in [0.4, 0.5) is 0 Å². The number of sulfonamides is 1. The maximum Gasteiger partial charge on any atom is 0.259 e. The lowest BCUT2D eigenvalue weighted by Crippen LogP contribution is -2.17. The molecule has 0 aliphatic carbocycles. The minimum Gasteiger partial charge on any atom is -0.483 e. The van der Waals surface area contributed by atoms with E-state index < -0.39 is 16.1 Å². The van der Waals surface area contributed by atoms with Crippen LogP contribution in [0.15, 0.2) is 49.8 Å². The van der Waals surface area contributed by atoms with E-state index >= 15 is 0 Å². The van der Waals surface area contributed by atoms with Crippen molar-refractivity contribution in [2.24, 2.45) is 5.14 Å². The summed E-state index contributed by atoms with van der Waals surface area (Å²) in [6.07, 6.45) is 0.711. The van der Waals surface area contributed by atoms with Crippen LogP contribution >= 0.6 is 11.8 Å². The number of aryl methyl sites for hydroxylation is 1. The van der Waals surface area contributed by atoms with E-state index in [2.05, 4.69) is 4.98 Å². The molecule has 0 saturated heterocycles. The fourth-order valence-electron chi connectivity index (χ4n) is 3.05. The summed E-state index contributed by atoms with van der Waals surface area (Å²) < 4.78 is 35.6. The number of nitrogens with two attached hydrogens (primary N) is 1. The predicted molar refractivity (Wildman–Crippen MR) is 113 cm³/mol. The van der Waals surface area contributed by atoms with Crippen LogP contribution in [0.1, 0.15) is 36.6 Å². The highest BCUT2D eigenvalue weighted by Crippen LogP contribution is 2.33. The molecule has 0 aliphatic heterocycles. The molecule has 154 valence electrons. The van der Waals surface area contributed by atoms with Crippen LogP contribution in [-0.4, -0.2) is 19.2 Å². The summed E-state index contributed by atoms with van der Waals surface area (Å²) in [5, 5.41) is 5.93. The van der Waals surface area contributed by atoms with Crippen LogP contribution in [0.2, 0.25) is 0 Å². The lowest BCUT2D eigenvalue weighted by Gasteiger charge is -2.19. The maximum absolute atomic E-state index is 12.9. The molecule has 0 bridgehead atoms. The topological polar surface area (TPSA) is 112 Å². The van der Waals surface area contributed by atoms with E-state index in [0.717, 1.165) is 11.3 Å². The standard InChI is InChI=1S/C20H22N2O5S2/c1-5-28-20-12(3)17(23)15-10-11(2)9-14(18(15)27-20)13(4)26-16-7-6-8-22-19(16)29(21,24)25/h6-10,13H,5H2,1-4H3,(H2,21,24,25)/t13-/m1/s1. The Morgan fingerprint density at radius 2 is 2.03 bits per heavy atom. The number of hydrogen-bond donors (Lipinski definition) is 1. The molecular weight excluding hydrogens is 412 g/mol. The normalized spacial score (nSPS) is 12.9. The number of fused-ring (bicyclic) bond motifs is 1. The first kappa shape index (κ1) is 21.4. The van der Waals surface area contributed by atoms with E-state index in [-0.39, 0.29) is 16.2 Å². The van der Waals surface area contributed by atoms with E-state index in [1.165, 1.54) is 24.0 Å². The molecule has 0 radical (unpaired) electrons. The van der Waals surface area contributed by atoms with Gasteiger partial charge in [0.05, 0.1) is 5.39 Å². The molecule has 2 heterocycles. The first-order valence-corrected chi connectivity index (χ1v) is 11.5. The van der Waals surface area contributed by atoms with Crippen molar-refractivity contribution in [2.45, 2.75) is 43.9 Å². The second-order valence-electron chi connectivity index (χ2n) is 6.62. The smallest absolute Gasteiger partial charge is 0.259 e. The molecule has 0 spiro atoms. The molecular formula is C20H22N2O5S2. The van der Waals surface area contributed by atoms with Gasteiger partial charge in [-0.2, -0.15) is 0 Å². The van der Waals surface area contributed by atoms with Gasteiger partial charge < -0.3 is 9.15 Å². The number of benzene rings is 1. The summed E-state index contributed by atoms with van der Waals surface area (Å²) >= 11 is 1.45. The Kier molecular flexibility index (Phi) is 6.02. The molecule has 9 heteroatoms. The molecule has 2 aromatic heterocycles. The van der Waals surface area contributed by atoms with E-state index in [4.69, 9.17) is 14.3 Å². The third-order valence-corrected chi connectivity index (χ3v) is 6.16. The van der Waals surface area contributed by atoms with Crippen molar-refractivity contribution in [1.29, 1.82) is 0 Å². The fraction of sp³-hybridized carbons (Fsp3) is 0.300. The molecule has 0 aliphatic rings. The molecule has 3 rings (SSSR count). The van der Waals surface area contributed by atoms with Crippen LogP contribution < -0.4 is 15.3 Å². The van der Waals surface area contributed by atoms with Gasteiger partial charge in [-0.15, -0.1) is 0 Å². The van der Waals surface area contributed by atoms with Gasteiger partial charge in [-0.05, 0) is 56.4 Å². The zero-order chi connectivity index (χ0) is 21.3. The molecule has 0 saturated carbocycles. The minimum absolute atomic E-state index is 0.0368. The van der Waals surface area contributed by atoms with Gasteiger partial charge in [0.2, 0.25) is 5.03 Å². The molecule has 1 atom stereocenters. The molecule has 2 N–H and O–H groups in total. The van der Waals surface area contributed by atoms with Gasteiger partial charge in [0.25, 0.3) is 10.0 Å². The van der Waals surface area contributed by atoms with E-state index in [1.54, 1.807) is 26.0 Å². The van der Waals surface area contributed by atoms with Gasteiger partial charge in [-0.1, -0.05) is 18.7 Å².